The van der Waals surface area contributed by atoms with E-state index in [-0.39, 0.29) is 17.9 Å². The summed E-state index contributed by atoms with van der Waals surface area (Å²) in [5.74, 6) is 0.301. The van der Waals surface area contributed by atoms with Crippen LogP contribution < -0.4 is 15.0 Å². The third-order valence-corrected chi connectivity index (χ3v) is 6.45. The fraction of sp³-hybridized carbons (Fsp3) is 0.292. The number of nitrogens with one attached hydrogen (secondary N) is 1. The van der Waals surface area contributed by atoms with Crippen molar-refractivity contribution in [1.82, 2.24) is 10.2 Å². The van der Waals surface area contributed by atoms with Crippen molar-refractivity contribution in [2.24, 2.45) is 0 Å². The largest absolute Gasteiger partial charge is 0.412 e. The summed E-state index contributed by atoms with van der Waals surface area (Å²) in [4.78, 5) is 18.3. The number of rotatable bonds is 6. The maximum Gasteiger partial charge on any atom is 0.412 e. The first-order chi connectivity index (χ1) is 15.1. The topological polar surface area (TPSA) is 44.8 Å². The van der Waals surface area contributed by atoms with E-state index in [0.29, 0.717) is 5.75 Å². The molecule has 1 aliphatic heterocycles. The number of carbonyl (C=O) groups is 1. The molecule has 1 amide bonds. The van der Waals surface area contributed by atoms with E-state index < -0.39 is 6.09 Å². The summed E-state index contributed by atoms with van der Waals surface area (Å²) < 4.78 is 18.7. The van der Waals surface area contributed by atoms with Gasteiger partial charge in [0.25, 0.3) is 0 Å². The molecule has 7 heteroatoms. The first kappa shape index (κ1) is 21.3. The second-order valence-corrected chi connectivity index (χ2v) is 8.57. The lowest BCUT2D eigenvalue weighted by Crippen LogP contribution is -2.52. The number of halogens is 1. The first-order valence-corrected chi connectivity index (χ1v) is 11.3. The van der Waals surface area contributed by atoms with E-state index in [1.54, 1.807) is 23.5 Å². The Balaban J connectivity index is 1.41. The number of carbonyl (C=O) groups excluding carboxylic acids is 1. The van der Waals surface area contributed by atoms with Crippen molar-refractivity contribution in [2.45, 2.75) is 19.0 Å². The molecule has 0 bridgehead atoms. The quantitative estimate of drug-likeness (QED) is 0.592. The minimum Gasteiger partial charge on any atom is -0.410 e. The van der Waals surface area contributed by atoms with Gasteiger partial charge in [0.2, 0.25) is 0 Å². The standard InChI is InChI=1S/C24H26FN3O2S/c1-18(26-24(29)30-21-6-3-2-4-7-21)23(22-8-5-17-31-22)28-15-13-27(14-16-28)20-11-9-19(25)10-12-20/h2-12,17-18,23H,13-16H2,1H3,(H,26,29)/t18-,23+/m0/s1. The van der Waals surface area contributed by atoms with Crippen LogP contribution in [0.25, 0.3) is 0 Å². The zero-order valence-electron chi connectivity index (χ0n) is 17.4. The summed E-state index contributed by atoms with van der Waals surface area (Å²) in [5.41, 5.74) is 1.03. The van der Waals surface area contributed by atoms with Crippen LogP contribution in [0, 0.1) is 5.82 Å². The Hall–Kier alpha value is -2.90. The zero-order valence-corrected chi connectivity index (χ0v) is 18.2. The molecule has 1 aliphatic rings. The Kier molecular flexibility index (Phi) is 6.84. The van der Waals surface area contributed by atoms with Crippen LogP contribution in [0.2, 0.25) is 0 Å². The van der Waals surface area contributed by atoms with Gasteiger partial charge in [0.05, 0.1) is 6.04 Å². The summed E-state index contributed by atoms with van der Waals surface area (Å²) in [6.45, 7) is 5.39. The van der Waals surface area contributed by atoms with Crippen molar-refractivity contribution in [2.75, 3.05) is 31.1 Å². The number of hydrogen-bond acceptors (Lipinski definition) is 5. The molecule has 0 radical (unpaired) electrons. The van der Waals surface area contributed by atoms with Gasteiger partial charge in [0.1, 0.15) is 11.6 Å². The van der Waals surface area contributed by atoms with E-state index >= 15 is 0 Å². The smallest absolute Gasteiger partial charge is 0.410 e. The number of ether oxygens (including phenoxy) is 1. The Morgan fingerprint density at radius 1 is 1.00 bits per heavy atom. The average Bonchev–Trinajstić information content (AvgIpc) is 3.30. The summed E-state index contributed by atoms with van der Waals surface area (Å²) in [6.07, 6.45) is -0.454. The number of anilines is 1. The van der Waals surface area contributed by atoms with E-state index in [1.807, 2.05) is 43.3 Å². The van der Waals surface area contributed by atoms with Gasteiger partial charge in [-0.05, 0) is 54.8 Å². The summed E-state index contributed by atoms with van der Waals surface area (Å²) >= 11 is 1.69. The van der Waals surface area contributed by atoms with Crippen molar-refractivity contribution >= 4 is 23.1 Å². The molecule has 4 rings (SSSR count). The van der Waals surface area contributed by atoms with Crippen molar-refractivity contribution in [3.05, 3.63) is 82.8 Å². The third-order valence-electron chi connectivity index (χ3n) is 5.51. The van der Waals surface area contributed by atoms with Gasteiger partial charge < -0.3 is 15.0 Å². The SMILES string of the molecule is C[C@H](NC(=O)Oc1ccccc1)[C@H](c1cccs1)N1CCN(c2ccc(F)cc2)CC1. The van der Waals surface area contributed by atoms with Gasteiger partial charge in [-0.2, -0.15) is 0 Å². The number of nitrogens with zero attached hydrogens (tertiary/aromatic N) is 2. The van der Waals surface area contributed by atoms with Crippen LogP contribution in [0.15, 0.2) is 72.1 Å². The van der Waals surface area contributed by atoms with Crippen LogP contribution in [0.3, 0.4) is 0 Å². The molecule has 0 aliphatic carbocycles. The molecule has 0 spiro atoms. The van der Waals surface area contributed by atoms with Crippen LogP contribution in [-0.4, -0.2) is 43.2 Å². The highest BCUT2D eigenvalue weighted by atomic mass is 32.1. The highest BCUT2D eigenvalue weighted by Gasteiger charge is 2.31. The van der Waals surface area contributed by atoms with Crippen LogP contribution in [0.1, 0.15) is 17.8 Å². The Morgan fingerprint density at radius 2 is 1.71 bits per heavy atom. The van der Waals surface area contributed by atoms with Crippen molar-refractivity contribution in [3.8, 4) is 5.75 Å². The lowest BCUT2D eigenvalue weighted by molar-refractivity contribution is 0.146. The fourth-order valence-electron chi connectivity index (χ4n) is 4.00. The molecule has 31 heavy (non-hydrogen) atoms. The number of amides is 1. The van der Waals surface area contributed by atoms with Crippen LogP contribution >= 0.6 is 11.3 Å². The van der Waals surface area contributed by atoms with Gasteiger partial charge in [0, 0.05) is 42.8 Å². The first-order valence-electron chi connectivity index (χ1n) is 10.4. The number of thiophene rings is 1. The highest BCUT2D eigenvalue weighted by Crippen LogP contribution is 2.30. The van der Waals surface area contributed by atoms with Gasteiger partial charge >= 0.3 is 6.09 Å². The molecule has 2 aromatic carbocycles. The van der Waals surface area contributed by atoms with Crippen molar-refractivity contribution in [1.29, 1.82) is 0 Å². The second kappa shape index (κ2) is 9.94. The van der Waals surface area contributed by atoms with E-state index in [9.17, 15) is 9.18 Å². The summed E-state index contributed by atoms with van der Waals surface area (Å²) in [7, 11) is 0. The number of hydrogen-bond donors (Lipinski definition) is 1. The fourth-order valence-corrected chi connectivity index (χ4v) is 4.97. The molecule has 1 N–H and O–H groups in total. The van der Waals surface area contributed by atoms with E-state index in [4.69, 9.17) is 4.74 Å². The lowest BCUT2D eigenvalue weighted by atomic mass is 10.0. The third kappa shape index (κ3) is 5.42. The van der Waals surface area contributed by atoms with Crippen LogP contribution in [-0.2, 0) is 0 Å². The minimum absolute atomic E-state index is 0.0543. The van der Waals surface area contributed by atoms with Gasteiger partial charge in [0.15, 0.2) is 0 Å². The summed E-state index contributed by atoms with van der Waals surface area (Å²) in [5, 5.41) is 5.07. The molecule has 0 unspecified atom stereocenters. The molecule has 2 heterocycles. The van der Waals surface area contributed by atoms with Gasteiger partial charge in [-0.3, -0.25) is 4.90 Å². The molecule has 5 nitrogen and oxygen atoms in total. The molecule has 2 atom stereocenters. The number of piperazine rings is 1. The molecule has 1 aromatic heterocycles. The molecule has 0 saturated carbocycles. The Bertz CT molecular complexity index is 958. The number of benzene rings is 2. The Morgan fingerprint density at radius 3 is 2.35 bits per heavy atom. The highest BCUT2D eigenvalue weighted by molar-refractivity contribution is 7.10. The monoisotopic (exact) mass is 439 g/mol. The van der Waals surface area contributed by atoms with Gasteiger partial charge in [-0.15, -0.1) is 11.3 Å². The number of para-hydroxylation sites is 1. The van der Waals surface area contributed by atoms with Crippen molar-refractivity contribution in [3.63, 3.8) is 0 Å². The minimum atomic E-state index is -0.454. The molecular weight excluding hydrogens is 413 g/mol. The molecule has 1 saturated heterocycles. The molecule has 3 aromatic rings. The average molecular weight is 440 g/mol. The zero-order chi connectivity index (χ0) is 21.6. The van der Waals surface area contributed by atoms with E-state index in [2.05, 4.69) is 26.6 Å². The van der Waals surface area contributed by atoms with Gasteiger partial charge in [-0.25, -0.2) is 9.18 Å². The maximum atomic E-state index is 13.2. The van der Waals surface area contributed by atoms with Gasteiger partial charge in [-0.1, -0.05) is 24.3 Å². The van der Waals surface area contributed by atoms with Crippen LogP contribution in [0.4, 0.5) is 14.9 Å². The van der Waals surface area contributed by atoms with E-state index in [1.165, 1.54) is 17.0 Å². The molecule has 1 fully saturated rings. The maximum absolute atomic E-state index is 13.2. The second-order valence-electron chi connectivity index (χ2n) is 7.60. The predicted molar refractivity (Wildman–Crippen MR) is 122 cm³/mol. The van der Waals surface area contributed by atoms with E-state index in [0.717, 1.165) is 31.9 Å². The lowest BCUT2D eigenvalue weighted by Gasteiger charge is -2.42. The Labute approximate surface area is 186 Å². The van der Waals surface area contributed by atoms with Crippen molar-refractivity contribution < 1.29 is 13.9 Å². The summed E-state index contributed by atoms with van der Waals surface area (Å²) in [6, 6.07) is 19.8. The molecule has 162 valence electrons. The molecular formula is C24H26FN3O2S. The normalized spacial score (nSPS) is 16.5. The van der Waals surface area contributed by atoms with Crippen LogP contribution in [0.5, 0.6) is 5.75 Å². The predicted octanol–water partition coefficient (Wildman–Crippen LogP) is 4.93.